The van der Waals surface area contributed by atoms with Gasteiger partial charge in [-0.15, -0.1) is 13.2 Å². The van der Waals surface area contributed by atoms with Gasteiger partial charge in [-0.2, -0.15) is 17.6 Å². The van der Waals surface area contributed by atoms with Gasteiger partial charge >= 0.3 is 18.4 Å². The number of hydrogen-bond acceptors (Lipinski definition) is 10. The molecule has 5 rings (SSSR count). The Morgan fingerprint density at radius 1 is 0.945 bits per heavy atom. The largest absolute Gasteiger partial charge is 0.491 e. The normalized spacial score (nSPS) is 16.0. The minimum absolute atomic E-state index is 0.00632. The van der Waals surface area contributed by atoms with Crippen molar-refractivity contribution in [3.05, 3.63) is 71.7 Å². The van der Waals surface area contributed by atoms with Crippen LogP contribution in [-0.2, 0) is 36.6 Å². The molecule has 0 bridgehead atoms. The Hall–Kier alpha value is -4.95. The third-order valence-electron chi connectivity index (χ3n) is 9.42. The summed E-state index contributed by atoms with van der Waals surface area (Å²) in [4.78, 5) is 48.5. The van der Waals surface area contributed by atoms with Crippen LogP contribution in [0.3, 0.4) is 0 Å². The number of methoxy groups -OCH3 is 1. The first-order valence-corrected chi connectivity index (χ1v) is 16.9. The fraction of sp³-hybridized carbons (Fsp3) is 0.457. The molecule has 2 aromatic carbocycles. The van der Waals surface area contributed by atoms with E-state index in [1.807, 2.05) is 4.90 Å². The molecule has 2 fully saturated rings. The summed E-state index contributed by atoms with van der Waals surface area (Å²) >= 11 is 0. The van der Waals surface area contributed by atoms with Crippen molar-refractivity contribution in [2.75, 3.05) is 58.5 Å². The molecule has 1 aliphatic heterocycles. The van der Waals surface area contributed by atoms with Crippen molar-refractivity contribution in [2.24, 2.45) is 0 Å². The van der Waals surface area contributed by atoms with Gasteiger partial charge in [-0.1, -0.05) is 24.3 Å². The van der Waals surface area contributed by atoms with E-state index in [1.165, 1.54) is 13.1 Å². The summed E-state index contributed by atoms with van der Waals surface area (Å²) in [6.45, 7) is 1.85. The minimum atomic E-state index is -5.53. The second-order valence-electron chi connectivity index (χ2n) is 12.7. The number of carbonyl (C=O) groups excluding carboxylic acids is 3. The van der Waals surface area contributed by atoms with E-state index in [0.717, 1.165) is 42.5 Å². The maximum absolute atomic E-state index is 15.6. The molecule has 0 unspecified atom stereocenters. The summed E-state index contributed by atoms with van der Waals surface area (Å²) in [7, 11) is 2.30. The predicted octanol–water partition coefficient (Wildman–Crippen LogP) is 5.37. The number of carbonyl (C=O) groups is 3. The van der Waals surface area contributed by atoms with E-state index >= 15 is 8.78 Å². The zero-order chi connectivity index (χ0) is 40.1. The van der Waals surface area contributed by atoms with Crippen molar-refractivity contribution in [2.45, 2.75) is 50.2 Å². The summed E-state index contributed by atoms with van der Waals surface area (Å²) < 4.78 is 131. The molecule has 55 heavy (non-hydrogen) atoms. The van der Waals surface area contributed by atoms with E-state index in [1.54, 1.807) is 0 Å². The third kappa shape index (κ3) is 9.13. The molecular formula is C35H36F8N6O6. The first-order chi connectivity index (χ1) is 26.0. The van der Waals surface area contributed by atoms with E-state index in [4.69, 9.17) is 14.2 Å². The number of nitrogens with zero attached hydrogens (tertiary/aromatic N) is 6. The quantitative estimate of drug-likeness (QED) is 0.0737. The second kappa shape index (κ2) is 16.8. The highest BCUT2D eigenvalue weighted by atomic mass is 19.4. The maximum Gasteiger partial charge on any atom is 0.491 e. The molecule has 1 saturated heterocycles. The number of hydrazine groups is 1. The summed E-state index contributed by atoms with van der Waals surface area (Å²) in [5, 5.41) is 1.69. The van der Waals surface area contributed by atoms with Gasteiger partial charge in [0.25, 0.3) is 0 Å². The molecule has 3 aromatic rings. The Bertz CT molecular complexity index is 1870. The zero-order valence-corrected chi connectivity index (χ0v) is 29.6. The average Bonchev–Trinajstić information content (AvgIpc) is 3.12. The van der Waals surface area contributed by atoms with Crippen LogP contribution in [0, 0.1) is 11.6 Å². The van der Waals surface area contributed by atoms with Crippen molar-refractivity contribution in [1.29, 1.82) is 0 Å². The van der Waals surface area contributed by atoms with Gasteiger partial charge in [-0.3, -0.25) is 19.5 Å². The van der Waals surface area contributed by atoms with Crippen molar-refractivity contribution < 1.29 is 63.7 Å². The first-order valence-electron chi connectivity index (χ1n) is 16.9. The number of morpholine rings is 1. The Morgan fingerprint density at radius 3 is 2.25 bits per heavy atom. The number of para-hydroxylation sites is 1. The molecule has 1 aliphatic carbocycles. The lowest BCUT2D eigenvalue weighted by atomic mass is 9.76. The lowest BCUT2D eigenvalue weighted by Gasteiger charge is -2.49. The van der Waals surface area contributed by atoms with Crippen LogP contribution >= 0.6 is 0 Å². The van der Waals surface area contributed by atoms with Crippen LogP contribution in [0.4, 0.5) is 40.8 Å². The van der Waals surface area contributed by atoms with Crippen molar-refractivity contribution >= 4 is 23.5 Å². The third-order valence-corrected chi connectivity index (χ3v) is 9.42. The van der Waals surface area contributed by atoms with Crippen LogP contribution in [0.25, 0.3) is 11.3 Å². The topological polar surface area (TPSA) is 118 Å². The number of amides is 2. The fourth-order valence-corrected chi connectivity index (χ4v) is 6.29. The monoisotopic (exact) mass is 788 g/mol. The Balaban J connectivity index is 1.45. The number of benzene rings is 2. The number of rotatable bonds is 13. The number of alkyl halides is 6. The molecule has 12 nitrogen and oxygen atoms in total. The lowest BCUT2D eigenvalue weighted by molar-refractivity contribution is -0.190. The van der Waals surface area contributed by atoms with Crippen LogP contribution in [0.5, 0.6) is 5.75 Å². The zero-order valence-electron chi connectivity index (χ0n) is 29.6. The van der Waals surface area contributed by atoms with Crippen LogP contribution in [0.1, 0.15) is 36.9 Å². The first kappa shape index (κ1) is 41.2. The van der Waals surface area contributed by atoms with E-state index < -0.39 is 99.3 Å². The molecule has 0 atom stereocenters. The van der Waals surface area contributed by atoms with E-state index in [0.29, 0.717) is 56.7 Å². The van der Waals surface area contributed by atoms with Gasteiger partial charge in [0.2, 0.25) is 17.6 Å². The van der Waals surface area contributed by atoms with Crippen molar-refractivity contribution in [3.8, 4) is 17.0 Å². The number of ether oxygens (including phenoxy) is 3. The van der Waals surface area contributed by atoms with Gasteiger partial charge in [0.1, 0.15) is 30.6 Å². The standard InChI is InChI=1S/C35H36F8N6O6/c1-46(33(10-5-11-33)32(52)53-2)48(20-22-8-9-26(31(37)30(22)36)55-17-14-47-12-15-54-16-13-47)28(50)19-29(51)49(35(41,42)43)25-7-4-3-6-23(25)24-18-27(34(38,39)40)45-21-44-24/h3-4,6-9,18,21H,5,10-17,19-20H2,1-2H3. The van der Waals surface area contributed by atoms with Gasteiger partial charge in [-0.25, -0.2) is 29.1 Å². The highest BCUT2D eigenvalue weighted by molar-refractivity contribution is 6.07. The highest BCUT2D eigenvalue weighted by Crippen LogP contribution is 2.41. The number of aromatic nitrogens is 2. The number of halogens is 8. The van der Waals surface area contributed by atoms with Crippen LogP contribution in [0.15, 0.2) is 48.8 Å². The number of esters is 1. The van der Waals surface area contributed by atoms with Gasteiger partial charge in [0.05, 0.1) is 38.2 Å². The van der Waals surface area contributed by atoms with Gasteiger partial charge in [-0.05, 0) is 37.5 Å². The summed E-state index contributed by atoms with van der Waals surface area (Å²) in [5.41, 5.74) is -5.58. The number of anilines is 1. The van der Waals surface area contributed by atoms with E-state index in [9.17, 15) is 40.7 Å². The Labute approximate surface area is 309 Å². The summed E-state index contributed by atoms with van der Waals surface area (Å²) in [6, 6.07) is 6.69. The Morgan fingerprint density at radius 2 is 1.64 bits per heavy atom. The molecule has 1 aromatic heterocycles. The Kier molecular flexibility index (Phi) is 12.6. The predicted molar refractivity (Wildman–Crippen MR) is 177 cm³/mol. The molecule has 2 aliphatic rings. The molecule has 1 saturated carbocycles. The SMILES string of the molecule is COC(=O)C1(N(C)N(Cc2ccc(OCCN3CCOCC3)c(F)c2F)C(=O)CC(=O)N(c2ccccc2-c2cc(C(F)(F)F)ncn2)C(F)(F)F)CCC1. The van der Waals surface area contributed by atoms with Crippen molar-refractivity contribution in [1.82, 2.24) is 24.9 Å². The molecule has 2 amide bonds. The van der Waals surface area contributed by atoms with Gasteiger partial charge < -0.3 is 14.2 Å². The molecular weight excluding hydrogens is 752 g/mol. The van der Waals surface area contributed by atoms with Crippen molar-refractivity contribution in [3.63, 3.8) is 0 Å². The second-order valence-corrected chi connectivity index (χ2v) is 12.7. The maximum atomic E-state index is 15.6. The smallest absolute Gasteiger partial charge is 0.489 e. The molecule has 0 radical (unpaired) electrons. The number of hydrogen-bond donors (Lipinski definition) is 0. The lowest BCUT2D eigenvalue weighted by Crippen LogP contribution is -2.64. The van der Waals surface area contributed by atoms with Gasteiger partial charge in [0, 0.05) is 37.8 Å². The number of likely N-dealkylation sites (N-methyl/N-ethyl adjacent to an activating group) is 1. The van der Waals surface area contributed by atoms with Crippen LogP contribution < -0.4 is 9.64 Å². The molecule has 20 heteroatoms. The molecule has 298 valence electrons. The average molecular weight is 789 g/mol. The highest BCUT2D eigenvalue weighted by Gasteiger charge is 2.52. The molecule has 2 heterocycles. The molecule has 0 spiro atoms. The van der Waals surface area contributed by atoms with Crippen LogP contribution in [0.2, 0.25) is 0 Å². The van der Waals surface area contributed by atoms with E-state index in [2.05, 4.69) is 9.97 Å². The molecule has 0 N–H and O–H groups in total. The van der Waals surface area contributed by atoms with Gasteiger partial charge in [0.15, 0.2) is 11.6 Å². The van der Waals surface area contributed by atoms with E-state index in [-0.39, 0.29) is 19.4 Å². The summed E-state index contributed by atoms with van der Waals surface area (Å²) in [6.07, 6.45) is -10.9. The minimum Gasteiger partial charge on any atom is -0.489 e. The summed E-state index contributed by atoms with van der Waals surface area (Å²) in [5.74, 6) is -7.36. The fourth-order valence-electron chi connectivity index (χ4n) is 6.29. The van der Waals surface area contributed by atoms with Crippen LogP contribution in [-0.4, -0.2) is 108 Å².